The van der Waals surface area contributed by atoms with Gasteiger partial charge in [0.1, 0.15) is 6.04 Å². The number of morpholine rings is 1. The first-order chi connectivity index (χ1) is 11.6. The van der Waals surface area contributed by atoms with E-state index in [-0.39, 0.29) is 18.9 Å². The van der Waals surface area contributed by atoms with Crippen molar-refractivity contribution < 1.29 is 19.1 Å². The van der Waals surface area contributed by atoms with Crippen molar-refractivity contribution in [3.8, 4) is 0 Å². The number of hydrogen-bond donors (Lipinski definition) is 1. The zero-order valence-electron chi connectivity index (χ0n) is 13.0. The molecule has 1 aromatic carbocycles. The van der Waals surface area contributed by atoms with Gasteiger partial charge in [0.05, 0.1) is 26.2 Å². The van der Waals surface area contributed by atoms with Crippen molar-refractivity contribution in [3.05, 3.63) is 34.9 Å². The fraction of sp³-hybridized carbons (Fsp3) is 0.438. The molecular weight excluding hydrogens is 334 g/mol. The molecule has 0 saturated carbocycles. The van der Waals surface area contributed by atoms with Gasteiger partial charge in [-0.1, -0.05) is 29.8 Å². The lowest BCUT2D eigenvalue weighted by atomic mass is 10.1. The third-order valence-corrected chi connectivity index (χ3v) is 4.50. The van der Waals surface area contributed by atoms with Gasteiger partial charge >= 0.3 is 6.03 Å². The van der Waals surface area contributed by atoms with Crippen LogP contribution in [0.4, 0.5) is 4.79 Å². The number of carbonyl (C=O) groups excluding carboxylic acids is 3. The molecule has 0 aliphatic carbocycles. The fourth-order valence-corrected chi connectivity index (χ4v) is 2.97. The molecule has 2 aliphatic heterocycles. The number of nitrogens with one attached hydrogen (secondary N) is 1. The summed E-state index contributed by atoms with van der Waals surface area (Å²) < 4.78 is 5.20. The summed E-state index contributed by atoms with van der Waals surface area (Å²) in [6.07, 6.45) is -0.0381. The van der Waals surface area contributed by atoms with Crippen molar-refractivity contribution in [1.29, 1.82) is 0 Å². The van der Waals surface area contributed by atoms with Crippen LogP contribution in [-0.2, 0) is 20.9 Å². The highest BCUT2D eigenvalue weighted by atomic mass is 35.5. The zero-order valence-corrected chi connectivity index (χ0v) is 13.8. The number of nitrogens with zero attached hydrogens (tertiary/aromatic N) is 2. The highest BCUT2D eigenvalue weighted by Crippen LogP contribution is 2.20. The minimum Gasteiger partial charge on any atom is -0.378 e. The minimum atomic E-state index is -0.824. The quantitative estimate of drug-likeness (QED) is 0.821. The average Bonchev–Trinajstić information content (AvgIpc) is 2.85. The monoisotopic (exact) mass is 351 g/mol. The molecular formula is C16H18ClN3O4. The van der Waals surface area contributed by atoms with E-state index in [1.54, 1.807) is 29.2 Å². The van der Waals surface area contributed by atoms with E-state index in [1.807, 2.05) is 0 Å². The van der Waals surface area contributed by atoms with Crippen LogP contribution in [0.15, 0.2) is 24.3 Å². The minimum absolute atomic E-state index is 0.0381. The third kappa shape index (κ3) is 3.52. The predicted molar refractivity (Wildman–Crippen MR) is 86.3 cm³/mol. The fourth-order valence-electron chi connectivity index (χ4n) is 2.78. The lowest BCUT2D eigenvalue weighted by Crippen LogP contribution is -2.44. The van der Waals surface area contributed by atoms with Crippen molar-refractivity contribution in [2.24, 2.45) is 0 Å². The lowest BCUT2D eigenvalue weighted by molar-refractivity contribution is -0.138. The lowest BCUT2D eigenvalue weighted by Gasteiger charge is -2.27. The number of carbonyl (C=O) groups is 3. The van der Waals surface area contributed by atoms with Gasteiger partial charge in [-0.05, 0) is 11.6 Å². The Morgan fingerprint density at radius 1 is 1.25 bits per heavy atom. The van der Waals surface area contributed by atoms with Crippen LogP contribution in [0, 0.1) is 0 Å². The summed E-state index contributed by atoms with van der Waals surface area (Å²) in [6, 6.07) is 5.71. The SMILES string of the molecule is O=C(C[C@@H]1NC(=O)N(Cc2ccccc2Cl)C1=O)N1CCOCC1. The number of imide groups is 1. The van der Waals surface area contributed by atoms with Crippen molar-refractivity contribution >= 4 is 29.4 Å². The molecule has 4 amide bonds. The standard InChI is InChI=1S/C16H18ClN3O4/c17-12-4-2-1-3-11(12)10-20-15(22)13(18-16(20)23)9-14(21)19-5-7-24-8-6-19/h1-4,13H,5-10H2,(H,18,23)/t13-/m0/s1. The number of urea groups is 1. The smallest absolute Gasteiger partial charge is 0.325 e. The van der Waals surface area contributed by atoms with E-state index in [9.17, 15) is 14.4 Å². The number of hydrogen-bond acceptors (Lipinski definition) is 4. The molecule has 3 rings (SSSR count). The Labute approximate surface area is 144 Å². The zero-order chi connectivity index (χ0) is 17.1. The van der Waals surface area contributed by atoms with Gasteiger partial charge in [-0.25, -0.2) is 4.79 Å². The maximum Gasteiger partial charge on any atom is 0.325 e. The summed E-state index contributed by atoms with van der Waals surface area (Å²) in [5.74, 6) is -0.557. The van der Waals surface area contributed by atoms with Gasteiger partial charge in [-0.15, -0.1) is 0 Å². The molecule has 2 saturated heterocycles. The van der Waals surface area contributed by atoms with Gasteiger partial charge in [0, 0.05) is 18.1 Å². The van der Waals surface area contributed by atoms with Gasteiger partial charge < -0.3 is 15.0 Å². The molecule has 24 heavy (non-hydrogen) atoms. The number of rotatable bonds is 4. The van der Waals surface area contributed by atoms with E-state index in [1.165, 1.54) is 0 Å². The van der Waals surface area contributed by atoms with E-state index >= 15 is 0 Å². The average molecular weight is 352 g/mol. The van der Waals surface area contributed by atoms with Crippen LogP contribution < -0.4 is 5.32 Å². The van der Waals surface area contributed by atoms with E-state index in [2.05, 4.69) is 5.32 Å². The van der Waals surface area contributed by atoms with Crippen LogP contribution in [0.2, 0.25) is 5.02 Å². The van der Waals surface area contributed by atoms with Crippen molar-refractivity contribution in [3.63, 3.8) is 0 Å². The Bertz CT molecular complexity index is 660. The molecule has 1 atom stereocenters. The van der Waals surface area contributed by atoms with Crippen LogP contribution in [0.1, 0.15) is 12.0 Å². The van der Waals surface area contributed by atoms with Crippen LogP contribution >= 0.6 is 11.6 Å². The molecule has 2 aliphatic rings. The molecule has 0 spiro atoms. The van der Waals surface area contributed by atoms with Crippen LogP contribution in [0.5, 0.6) is 0 Å². The highest BCUT2D eigenvalue weighted by molar-refractivity contribution is 6.31. The van der Waals surface area contributed by atoms with Crippen LogP contribution in [-0.4, -0.2) is 60.0 Å². The normalized spacial score (nSPS) is 21.1. The largest absolute Gasteiger partial charge is 0.378 e. The topological polar surface area (TPSA) is 79.0 Å². The third-order valence-electron chi connectivity index (χ3n) is 4.14. The summed E-state index contributed by atoms with van der Waals surface area (Å²) in [5, 5.41) is 3.07. The number of amides is 4. The summed E-state index contributed by atoms with van der Waals surface area (Å²) in [7, 11) is 0. The molecule has 8 heteroatoms. The first kappa shape index (κ1) is 16.7. The second-order valence-corrected chi connectivity index (χ2v) is 6.12. The van der Waals surface area contributed by atoms with Gasteiger partial charge in [0.25, 0.3) is 5.91 Å². The van der Waals surface area contributed by atoms with Crippen molar-refractivity contribution in [2.45, 2.75) is 19.0 Å². The van der Waals surface area contributed by atoms with E-state index < -0.39 is 18.0 Å². The molecule has 1 aromatic rings. The summed E-state index contributed by atoms with van der Waals surface area (Å²) in [4.78, 5) is 39.5. The molecule has 0 unspecified atom stereocenters. The Hall–Kier alpha value is -2.12. The summed E-state index contributed by atoms with van der Waals surface area (Å²) in [6.45, 7) is 2.10. The number of benzene rings is 1. The molecule has 128 valence electrons. The van der Waals surface area contributed by atoms with Crippen LogP contribution in [0.25, 0.3) is 0 Å². The molecule has 2 heterocycles. The molecule has 0 aromatic heterocycles. The van der Waals surface area contributed by atoms with Crippen LogP contribution in [0.3, 0.4) is 0 Å². The van der Waals surface area contributed by atoms with E-state index in [4.69, 9.17) is 16.3 Å². The highest BCUT2D eigenvalue weighted by Gasteiger charge is 2.39. The van der Waals surface area contributed by atoms with Gasteiger partial charge in [0.15, 0.2) is 0 Å². The Kier molecular flexibility index (Phi) is 5.01. The maximum absolute atomic E-state index is 12.5. The Morgan fingerprint density at radius 3 is 2.67 bits per heavy atom. The summed E-state index contributed by atoms with van der Waals surface area (Å²) >= 11 is 6.08. The van der Waals surface area contributed by atoms with E-state index in [0.29, 0.717) is 36.9 Å². The van der Waals surface area contributed by atoms with Gasteiger partial charge in [0.2, 0.25) is 5.91 Å². The summed E-state index contributed by atoms with van der Waals surface area (Å²) in [5.41, 5.74) is 0.683. The number of ether oxygens (including phenoxy) is 1. The molecule has 0 bridgehead atoms. The first-order valence-electron chi connectivity index (χ1n) is 7.77. The van der Waals surface area contributed by atoms with Gasteiger partial charge in [-0.2, -0.15) is 0 Å². The second kappa shape index (κ2) is 7.19. The van der Waals surface area contributed by atoms with Crippen molar-refractivity contribution in [1.82, 2.24) is 15.1 Å². The van der Waals surface area contributed by atoms with Crippen molar-refractivity contribution in [2.75, 3.05) is 26.3 Å². The molecule has 2 fully saturated rings. The Balaban J connectivity index is 1.63. The first-order valence-corrected chi connectivity index (χ1v) is 8.15. The van der Waals surface area contributed by atoms with Gasteiger partial charge in [-0.3, -0.25) is 14.5 Å². The maximum atomic E-state index is 12.5. The molecule has 7 nitrogen and oxygen atoms in total. The molecule has 0 radical (unpaired) electrons. The second-order valence-electron chi connectivity index (χ2n) is 5.72. The Morgan fingerprint density at radius 2 is 1.96 bits per heavy atom. The van der Waals surface area contributed by atoms with E-state index in [0.717, 1.165) is 4.90 Å². The number of halogens is 1. The molecule has 1 N–H and O–H groups in total. The predicted octanol–water partition coefficient (Wildman–Crippen LogP) is 1.01.